The Morgan fingerprint density at radius 3 is 1.19 bits per heavy atom. The van der Waals surface area contributed by atoms with Crippen LogP contribution >= 0.6 is 0 Å². The molecule has 0 aliphatic rings. The van der Waals surface area contributed by atoms with E-state index in [0.717, 1.165) is 0 Å². The van der Waals surface area contributed by atoms with Crippen LogP contribution in [0.4, 0.5) is 0 Å². The van der Waals surface area contributed by atoms with E-state index in [1.54, 1.807) is 24.3 Å². The van der Waals surface area contributed by atoms with Crippen molar-refractivity contribution in [3.8, 4) is 34.5 Å². The van der Waals surface area contributed by atoms with Crippen molar-refractivity contribution in [3.05, 3.63) is 35.4 Å². The van der Waals surface area contributed by atoms with Crippen LogP contribution in [-0.2, 0) is 0 Å². The van der Waals surface area contributed by atoms with Crippen molar-refractivity contribution in [3.63, 3.8) is 0 Å². The van der Waals surface area contributed by atoms with Gasteiger partial charge in [-0.1, -0.05) is 0 Å². The minimum absolute atomic E-state index is 0.0745. The average Bonchev–Trinajstić information content (AvgIpc) is 2.90. The standard InChI is InChI=1S/C25H33N2O8Si/c1-30-18-11-15(12-19(31-2)22(18)34-5)24(28)26-9-7-17(36)8-10-27-25(29)16-13-20(32-3)23(35-6)21(14-16)33-4/h11-14,17H,7-10H2,1-6H3,(H,26,28)(H,27,29). The van der Waals surface area contributed by atoms with Gasteiger partial charge < -0.3 is 39.1 Å². The van der Waals surface area contributed by atoms with Gasteiger partial charge in [0.05, 0.1) is 42.7 Å². The molecular weight excluding hydrogens is 484 g/mol. The van der Waals surface area contributed by atoms with Crippen molar-refractivity contribution in [1.82, 2.24) is 10.6 Å². The van der Waals surface area contributed by atoms with Gasteiger partial charge in [-0.05, 0) is 42.6 Å². The summed E-state index contributed by atoms with van der Waals surface area (Å²) in [5, 5.41) is 5.76. The second kappa shape index (κ2) is 14.1. The van der Waals surface area contributed by atoms with Crippen molar-refractivity contribution >= 4 is 22.1 Å². The van der Waals surface area contributed by atoms with Crippen LogP contribution < -0.4 is 39.1 Å². The van der Waals surface area contributed by atoms with Gasteiger partial charge in [0.15, 0.2) is 23.0 Å². The van der Waals surface area contributed by atoms with Crippen LogP contribution in [0.25, 0.3) is 0 Å². The largest absolute Gasteiger partial charge is 0.493 e. The zero-order valence-corrected chi connectivity index (χ0v) is 22.5. The lowest BCUT2D eigenvalue weighted by Gasteiger charge is -2.16. The van der Waals surface area contributed by atoms with E-state index in [1.807, 2.05) is 0 Å². The van der Waals surface area contributed by atoms with E-state index >= 15 is 0 Å². The smallest absolute Gasteiger partial charge is 0.251 e. The molecule has 2 N–H and O–H groups in total. The Labute approximate surface area is 215 Å². The van der Waals surface area contributed by atoms with Crippen molar-refractivity contribution in [2.24, 2.45) is 0 Å². The molecule has 0 saturated heterocycles. The molecule has 0 aromatic heterocycles. The third kappa shape index (κ3) is 7.20. The number of methoxy groups -OCH3 is 6. The van der Waals surface area contributed by atoms with Gasteiger partial charge in [0.2, 0.25) is 11.5 Å². The number of amides is 2. The number of carbonyl (C=O) groups is 2. The van der Waals surface area contributed by atoms with Crippen LogP contribution in [0.15, 0.2) is 24.3 Å². The molecular formula is C25H33N2O8Si. The fourth-order valence-corrected chi connectivity index (χ4v) is 3.78. The summed E-state index contributed by atoms with van der Waals surface area (Å²) in [5.74, 6) is 1.94. The Hall–Kier alpha value is -3.60. The van der Waals surface area contributed by atoms with Gasteiger partial charge in [-0.2, -0.15) is 0 Å². The zero-order valence-electron chi connectivity index (χ0n) is 21.5. The average molecular weight is 518 g/mol. The summed E-state index contributed by atoms with van der Waals surface area (Å²) in [6.45, 7) is 0.870. The fraction of sp³-hybridized carbons (Fsp3) is 0.440. The Balaban J connectivity index is 1.85. The highest BCUT2D eigenvalue weighted by molar-refractivity contribution is 6.11. The molecule has 0 fully saturated rings. The molecule has 11 heteroatoms. The second-order valence-corrected chi connectivity index (χ2v) is 8.43. The van der Waals surface area contributed by atoms with Gasteiger partial charge >= 0.3 is 0 Å². The maximum Gasteiger partial charge on any atom is 0.251 e. The molecule has 0 spiro atoms. The van der Waals surface area contributed by atoms with E-state index < -0.39 is 0 Å². The maximum atomic E-state index is 12.6. The molecule has 0 atom stereocenters. The molecule has 0 aliphatic carbocycles. The Bertz CT molecular complexity index is 915. The lowest BCUT2D eigenvalue weighted by Crippen LogP contribution is -2.27. The van der Waals surface area contributed by atoms with E-state index in [-0.39, 0.29) is 17.4 Å². The van der Waals surface area contributed by atoms with Crippen molar-refractivity contribution < 1.29 is 38.0 Å². The third-order valence-electron chi connectivity index (χ3n) is 5.41. The summed E-state index contributed by atoms with van der Waals surface area (Å²) < 4.78 is 31.8. The number of hydrogen-bond acceptors (Lipinski definition) is 8. The summed E-state index contributed by atoms with van der Waals surface area (Å²) in [5.41, 5.74) is 0.866. The Morgan fingerprint density at radius 2 is 0.944 bits per heavy atom. The van der Waals surface area contributed by atoms with Gasteiger partial charge in [-0.25, -0.2) is 0 Å². The predicted octanol–water partition coefficient (Wildman–Crippen LogP) is 2.64. The summed E-state index contributed by atoms with van der Waals surface area (Å²) in [6.07, 6.45) is 1.32. The molecule has 0 aliphatic heterocycles. The number of ether oxygens (including phenoxy) is 6. The SMILES string of the molecule is COc1cc(C(=O)NCCC([Si])CCNC(=O)c2cc(OC)c(OC)c(OC)c2)cc(OC)c1OC. The van der Waals surface area contributed by atoms with Gasteiger partial charge in [0, 0.05) is 34.5 Å². The highest BCUT2D eigenvalue weighted by Gasteiger charge is 2.18. The number of nitrogens with one attached hydrogen (secondary N) is 2. The molecule has 2 rings (SSSR count). The number of carbonyl (C=O) groups excluding carboxylic acids is 2. The number of rotatable bonds is 14. The van der Waals surface area contributed by atoms with E-state index in [4.69, 9.17) is 28.4 Å². The lowest BCUT2D eigenvalue weighted by molar-refractivity contribution is 0.0947. The van der Waals surface area contributed by atoms with Crippen LogP contribution in [0, 0.1) is 0 Å². The molecule has 10 nitrogen and oxygen atoms in total. The molecule has 0 unspecified atom stereocenters. The quantitative estimate of drug-likeness (QED) is 0.368. The number of benzene rings is 2. The van der Waals surface area contributed by atoms with E-state index in [1.165, 1.54) is 42.7 Å². The van der Waals surface area contributed by atoms with Gasteiger partial charge in [-0.3, -0.25) is 9.59 Å². The van der Waals surface area contributed by atoms with Crippen molar-refractivity contribution in [2.45, 2.75) is 18.4 Å². The molecule has 0 bridgehead atoms. The molecule has 195 valence electrons. The molecule has 0 heterocycles. The maximum absolute atomic E-state index is 12.6. The second-order valence-electron chi connectivity index (χ2n) is 7.61. The monoisotopic (exact) mass is 517 g/mol. The molecule has 2 aromatic rings. The fourth-order valence-electron chi connectivity index (χ4n) is 3.49. The van der Waals surface area contributed by atoms with Crippen molar-refractivity contribution in [2.75, 3.05) is 55.7 Å². The van der Waals surface area contributed by atoms with Crippen molar-refractivity contribution in [1.29, 1.82) is 0 Å². The van der Waals surface area contributed by atoms with Crippen LogP contribution in [0.1, 0.15) is 33.6 Å². The lowest BCUT2D eigenvalue weighted by atomic mass is 10.1. The number of hydrogen-bond donors (Lipinski definition) is 2. The summed E-state index contributed by atoms with van der Waals surface area (Å²) in [6, 6.07) is 6.39. The summed E-state index contributed by atoms with van der Waals surface area (Å²) in [7, 11) is 12.6. The van der Waals surface area contributed by atoms with Crippen LogP contribution in [0.3, 0.4) is 0 Å². The topological polar surface area (TPSA) is 114 Å². The van der Waals surface area contributed by atoms with Crippen LogP contribution in [0.2, 0.25) is 5.54 Å². The van der Waals surface area contributed by atoms with E-state index in [2.05, 4.69) is 20.9 Å². The molecule has 36 heavy (non-hydrogen) atoms. The Kier molecular flexibility index (Phi) is 11.2. The van der Waals surface area contributed by atoms with Crippen LogP contribution in [-0.4, -0.2) is 77.8 Å². The molecule has 2 aromatic carbocycles. The van der Waals surface area contributed by atoms with Gasteiger partial charge in [0.1, 0.15) is 0 Å². The van der Waals surface area contributed by atoms with E-state index in [9.17, 15) is 9.59 Å². The normalized spacial score (nSPS) is 10.4. The predicted molar refractivity (Wildman–Crippen MR) is 136 cm³/mol. The van der Waals surface area contributed by atoms with E-state index in [0.29, 0.717) is 71.6 Å². The van der Waals surface area contributed by atoms with Gasteiger partial charge in [-0.15, -0.1) is 0 Å². The first-order valence-electron chi connectivity index (χ1n) is 11.2. The summed E-state index contributed by atoms with van der Waals surface area (Å²) in [4.78, 5) is 25.2. The molecule has 0 saturated carbocycles. The third-order valence-corrected chi connectivity index (χ3v) is 5.99. The first-order chi connectivity index (χ1) is 17.3. The van der Waals surface area contributed by atoms with Gasteiger partial charge in [0.25, 0.3) is 11.8 Å². The highest BCUT2D eigenvalue weighted by atomic mass is 28.1. The first kappa shape index (κ1) is 28.6. The minimum atomic E-state index is -0.260. The Morgan fingerprint density at radius 1 is 0.639 bits per heavy atom. The first-order valence-corrected chi connectivity index (χ1v) is 11.8. The molecule has 2 amide bonds. The highest BCUT2D eigenvalue weighted by Crippen LogP contribution is 2.39. The minimum Gasteiger partial charge on any atom is -0.493 e. The molecule has 3 radical (unpaired) electrons. The summed E-state index contributed by atoms with van der Waals surface area (Å²) >= 11 is 0. The zero-order chi connectivity index (χ0) is 26.7. The van der Waals surface area contributed by atoms with Crippen LogP contribution in [0.5, 0.6) is 34.5 Å².